The third-order valence-corrected chi connectivity index (χ3v) is 2.60. The Morgan fingerprint density at radius 2 is 2.19 bits per heavy atom. The molecule has 0 aliphatic rings. The van der Waals surface area contributed by atoms with Crippen molar-refractivity contribution in [3.8, 4) is 0 Å². The highest BCUT2D eigenvalue weighted by Crippen LogP contribution is 2.17. The van der Waals surface area contributed by atoms with E-state index < -0.39 is 0 Å². The van der Waals surface area contributed by atoms with Crippen molar-refractivity contribution in [3.05, 3.63) is 47.5 Å². The standard InChI is InChI=1S/C12H16N4/c1-3-16-11(7-8-14-16)12(13)10-6-4-5-9(2)15-10/h4-8,12H,3,13H2,1-2H3. The topological polar surface area (TPSA) is 56.7 Å². The second-order valence-electron chi connectivity index (χ2n) is 3.75. The maximum atomic E-state index is 6.18. The van der Waals surface area contributed by atoms with E-state index in [1.165, 1.54) is 0 Å². The van der Waals surface area contributed by atoms with Crippen LogP contribution >= 0.6 is 0 Å². The first-order chi connectivity index (χ1) is 7.72. The Bertz CT molecular complexity index is 475. The summed E-state index contributed by atoms with van der Waals surface area (Å²) in [4.78, 5) is 4.44. The quantitative estimate of drug-likeness (QED) is 0.848. The second kappa shape index (κ2) is 4.45. The molecular weight excluding hydrogens is 200 g/mol. The minimum absolute atomic E-state index is 0.206. The highest BCUT2D eigenvalue weighted by Gasteiger charge is 2.14. The summed E-state index contributed by atoms with van der Waals surface area (Å²) in [7, 11) is 0. The molecule has 4 nitrogen and oxygen atoms in total. The number of nitrogens with two attached hydrogens (primary N) is 1. The van der Waals surface area contributed by atoms with Gasteiger partial charge in [0.2, 0.25) is 0 Å². The van der Waals surface area contributed by atoms with Crippen LogP contribution in [-0.4, -0.2) is 14.8 Å². The van der Waals surface area contributed by atoms with Gasteiger partial charge in [0.1, 0.15) is 0 Å². The summed E-state index contributed by atoms with van der Waals surface area (Å²) in [6.45, 7) is 4.84. The average molecular weight is 216 g/mol. The van der Waals surface area contributed by atoms with Gasteiger partial charge in [0.15, 0.2) is 0 Å². The van der Waals surface area contributed by atoms with Gasteiger partial charge < -0.3 is 5.73 Å². The Kier molecular flexibility index (Phi) is 3.01. The number of nitrogens with zero attached hydrogens (tertiary/aromatic N) is 3. The Hall–Kier alpha value is -1.68. The predicted molar refractivity (Wildman–Crippen MR) is 62.9 cm³/mol. The lowest BCUT2D eigenvalue weighted by atomic mass is 10.1. The van der Waals surface area contributed by atoms with Gasteiger partial charge in [0.25, 0.3) is 0 Å². The van der Waals surface area contributed by atoms with Crippen LogP contribution in [0.15, 0.2) is 30.5 Å². The van der Waals surface area contributed by atoms with Crippen LogP contribution in [0.4, 0.5) is 0 Å². The lowest BCUT2D eigenvalue weighted by Gasteiger charge is -2.13. The van der Waals surface area contributed by atoms with Crippen LogP contribution in [0.3, 0.4) is 0 Å². The molecule has 2 N–H and O–H groups in total. The van der Waals surface area contributed by atoms with Crippen molar-refractivity contribution in [1.82, 2.24) is 14.8 Å². The third kappa shape index (κ3) is 1.97. The van der Waals surface area contributed by atoms with Gasteiger partial charge in [-0.3, -0.25) is 9.67 Å². The van der Waals surface area contributed by atoms with E-state index in [1.807, 2.05) is 42.8 Å². The minimum Gasteiger partial charge on any atom is -0.318 e. The molecule has 1 unspecified atom stereocenters. The molecule has 2 aromatic rings. The summed E-state index contributed by atoms with van der Waals surface area (Å²) in [5.41, 5.74) is 9.05. The molecule has 1 atom stereocenters. The molecule has 4 heteroatoms. The molecule has 0 aliphatic heterocycles. The number of rotatable bonds is 3. The summed E-state index contributed by atoms with van der Waals surface area (Å²) in [5, 5.41) is 4.21. The van der Waals surface area contributed by atoms with Crippen LogP contribution in [0.25, 0.3) is 0 Å². The Morgan fingerprint density at radius 1 is 1.38 bits per heavy atom. The summed E-state index contributed by atoms with van der Waals surface area (Å²) in [5.74, 6) is 0. The van der Waals surface area contributed by atoms with E-state index in [4.69, 9.17) is 5.73 Å². The lowest BCUT2D eigenvalue weighted by Crippen LogP contribution is -2.18. The van der Waals surface area contributed by atoms with Gasteiger partial charge in [0, 0.05) is 18.4 Å². The highest BCUT2D eigenvalue weighted by molar-refractivity contribution is 5.22. The van der Waals surface area contributed by atoms with Gasteiger partial charge in [-0.1, -0.05) is 6.07 Å². The Balaban J connectivity index is 2.35. The van der Waals surface area contributed by atoms with Crippen LogP contribution in [-0.2, 0) is 6.54 Å². The zero-order valence-corrected chi connectivity index (χ0v) is 9.59. The molecule has 0 aliphatic carbocycles. The van der Waals surface area contributed by atoms with Crippen molar-refractivity contribution in [2.45, 2.75) is 26.4 Å². The summed E-state index contributed by atoms with van der Waals surface area (Å²) < 4.78 is 1.90. The first-order valence-corrected chi connectivity index (χ1v) is 5.43. The largest absolute Gasteiger partial charge is 0.318 e. The summed E-state index contributed by atoms with van der Waals surface area (Å²) >= 11 is 0. The molecule has 0 saturated heterocycles. The normalized spacial score (nSPS) is 12.7. The van der Waals surface area contributed by atoms with E-state index in [0.29, 0.717) is 0 Å². The lowest BCUT2D eigenvalue weighted by molar-refractivity contribution is 0.596. The zero-order chi connectivity index (χ0) is 11.5. The van der Waals surface area contributed by atoms with E-state index in [1.54, 1.807) is 6.20 Å². The van der Waals surface area contributed by atoms with Crippen molar-refractivity contribution in [2.75, 3.05) is 0 Å². The van der Waals surface area contributed by atoms with Gasteiger partial charge in [-0.25, -0.2) is 0 Å². The van der Waals surface area contributed by atoms with E-state index in [-0.39, 0.29) is 6.04 Å². The van der Waals surface area contributed by atoms with Gasteiger partial charge >= 0.3 is 0 Å². The molecule has 2 aromatic heterocycles. The van der Waals surface area contributed by atoms with E-state index in [2.05, 4.69) is 10.1 Å². The first-order valence-electron chi connectivity index (χ1n) is 5.43. The van der Waals surface area contributed by atoms with Gasteiger partial charge in [-0.2, -0.15) is 5.10 Å². The number of hydrogen-bond donors (Lipinski definition) is 1. The molecule has 0 aromatic carbocycles. The van der Waals surface area contributed by atoms with Crippen LogP contribution < -0.4 is 5.73 Å². The van der Waals surface area contributed by atoms with Crippen LogP contribution in [0.2, 0.25) is 0 Å². The second-order valence-corrected chi connectivity index (χ2v) is 3.75. The SMILES string of the molecule is CCn1nccc1C(N)c1cccc(C)n1. The fraction of sp³-hybridized carbons (Fsp3) is 0.333. The minimum atomic E-state index is -0.206. The molecule has 0 saturated carbocycles. The first kappa shape index (κ1) is 10.8. The summed E-state index contributed by atoms with van der Waals surface area (Å²) in [6, 6.07) is 7.63. The Morgan fingerprint density at radius 3 is 2.88 bits per heavy atom. The van der Waals surface area contributed by atoms with Crippen molar-refractivity contribution >= 4 is 0 Å². The van der Waals surface area contributed by atoms with Crippen molar-refractivity contribution in [3.63, 3.8) is 0 Å². The van der Waals surface area contributed by atoms with Gasteiger partial charge in [-0.05, 0) is 32.0 Å². The average Bonchev–Trinajstić information content (AvgIpc) is 2.76. The molecule has 0 bridgehead atoms. The molecule has 16 heavy (non-hydrogen) atoms. The van der Waals surface area contributed by atoms with E-state index in [0.717, 1.165) is 23.6 Å². The van der Waals surface area contributed by atoms with E-state index >= 15 is 0 Å². The molecule has 2 heterocycles. The molecule has 2 rings (SSSR count). The number of pyridine rings is 1. The maximum absolute atomic E-state index is 6.18. The third-order valence-electron chi connectivity index (χ3n) is 2.60. The summed E-state index contributed by atoms with van der Waals surface area (Å²) in [6.07, 6.45) is 1.77. The van der Waals surface area contributed by atoms with Gasteiger partial charge in [-0.15, -0.1) is 0 Å². The molecule has 84 valence electrons. The molecule has 0 amide bonds. The highest BCUT2D eigenvalue weighted by atomic mass is 15.3. The van der Waals surface area contributed by atoms with Crippen LogP contribution in [0, 0.1) is 6.92 Å². The molecule has 0 spiro atoms. The van der Waals surface area contributed by atoms with Crippen molar-refractivity contribution < 1.29 is 0 Å². The smallest absolute Gasteiger partial charge is 0.0897 e. The van der Waals surface area contributed by atoms with Crippen molar-refractivity contribution in [1.29, 1.82) is 0 Å². The van der Waals surface area contributed by atoms with Crippen LogP contribution in [0.1, 0.15) is 30.0 Å². The monoisotopic (exact) mass is 216 g/mol. The molecule has 0 fully saturated rings. The fourth-order valence-electron chi connectivity index (χ4n) is 1.76. The van der Waals surface area contributed by atoms with Crippen LogP contribution in [0.5, 0.6) is 0 Å². The molecular formula is C12H16N4. The zero-order valence-electron chi connectivity index (χ0n) is 9.59. The Labute approximate surface area is 95.1 Å². The molecule has 0 radical (unpaired) electrons. The van der Waals surface area contributed by atoms with Gasteiger partial charge in [0.05, 0.1) is 17.4 Å². The van der Waals surface area contributed by atoms with Crippen molar-refractivity contribution in [2.24, 2.45) is 5.73 Å². The fourth-order valence-corrected chi connectivity index (χ4v) is 1.76. The number of aromatic nitrogens is 3. The number of hydrogen-bond acceptors (Lipinski definition) is 3. The predicted octanol–water partition coefficient (Wildman–Crippen LogP) is 1.65. The van der Waals surface area contributed by atoms with E-state index in [9.17, 15) is 0 Å². The number of aryl methyl sites for hydroxylation is 2. The maximum Gasteiger partial charge on any atom is 0.0897 e.